The van der Waals surface area contributed by atoms with Gasteiger partial charge in [0.05, 0.1) is 5.39 Å². The van der Waals surface area contributed by atoms with Crippen LogP contribution < -0.4 is 5.73 Å². The zero-order valence-corrected chi connectivity index (χ0v) is 6.38. The molecular formula is C7H6N4O. The van der Waals surface area contributed by atoms with Crippen LogP contribution in [-0.4, -0.2) is 10.2 Å². The predicted molar refractivity (Wildman–Crippen MR) is 42.2 cm³/mol. The molecule has 0 saturated heterocycles. The predicted octanol–water partition coefficient (Wildman–Crippen LogP) is 0.918. The van der Waals surface area contributed by atoms with Crippen LogP contribution in [-0.2, 0) is 0 Å². The fraction of sp³-hybridized carbons (Fsp3) is 0.143. The number of furan rings is 1. The first-order valence-corrected chi connectivity index (χ1v) is 3.37. The van der Waals surface area contributed by atoms with Crippen molar-refractivity contribution in [2.45, 2.75) is 6.92 Å². The Labute approximate surface area is 67.8 Å². The van der Waals surface area contributed by atoms with Crippen molar-refractivity contribution in [1.29, 1.82) is 5.26 Å². The molecule has 0 aromatic carbocycles. The lowest BCUT2D eigenvalue weighted by molar-refractivity contribution is 0.619. The van der Waals surface area contributed by atoms with Gasteiger partial charge in [0.1, 0.15) is 11.6 Å². The summed E-state index contributed by atoms with van der Waals surface area (Å²) < 4.78 is 5.02. The van der Waals surface area contributed by atoms with Gasteiger partial charge in [-0.05, 0) is 6.92 Å². The number of H-pyrrole nitrogens is 1. The Balaban J connectivity index is 2.96. The van der Waals surface area contributed by atoms with E-state index >= 15 is 0 Å². The second kappa shape index (κ2) is 2.01. The molecule has 2 heterocycles. The van der Waals surface area contributed by atoms with E-state index in [0.717, 1.165) is 5.69 Å². The number of fused-ring (bicyclic) bond motifs is 1. The second-order valence-electron chi connectivity index (χ2n) is 2.48. The van der Waals surface area contributed by atoms with Crippen LogP contribution in [0, 0.1) is 18.3 Å². The standard InChI is InChI=1S/C7H6N4O/c1-3-5-4(2-8)6(9)12-7(5)11-10-3/h9H2,1H3,(H,10,11). The second-order valence-corrected chi connectivity index (χ2v) is 2.48. The molecule has 0 aliphatic carbocycles. The number of aromatic nitrogens is 2. The normalized spacial score (nSPS) is 10.3. The van der Waals surface area contributed by atoms with Crippen molar-refractivity contribution >= 4 is 17.0 Å². The number of nitrogen functional groups attached to an aromatic ring is 1. The van der Waals surface area contributed by atoms with Gasteiger partial charge in [-0.3, -0.25) is 5.10 Å². The molecule has 5 nitrogen and oxygen atoms in total. The highest BCUT2D eigenvalue weighted by molar-refractivity contribution is 5.88. The van der Waals surface area contributed by atoms with E-state index in [4.69, 9.17) is 15.4 Å². The summed E-state index contributed by atoms with van der Waals surface area (Å²) in [6.45, 7) is 1.81. The third-order valence-corrected chi connectivity index (χ3v) is 1.73. The van der Waals surface area contributed by atoms with Crippen molar-refractivity contribution in [2.75, 3.05) is 5.73 Å². The first-order valence-electron chi connectivity index (χ1n) is 3.37. The van der Waals surface area contributed by atoms with E-state index in [9.17, 15) is 0 Å². The zero-order valence-electron chi connectivity index (χ0n) is 6.38. The Morgan fingerprint density at radius 3 is 3.08 bits per heavy atom. The minimum Gasteiger partial charge on any atom is -0.420 e. The molecule has 0 aliphatic rings. The third kappa shape index (κ3) is 0.636. The Morgan fingerprint density at radius 1 is 1.67 bits per heavy atom. The van der Waals surface area contributed by atoms with Gasteiger partial charge in [-0.2, -0.15) is 5.26 Å². The lowest BCUT2D eigenvalue weighted by Crippen LogP contribution is -1.84. The first kappa shape index (κ1) is 6.73. The van der Waals surface area contributed by atoms with Crippen LogP contribution >= 0.6 is 0 Å². The molecule has 12 heavy (non-hydrogen) atoms. The van der Waals surface area contributed by atoms with E-state index in [2.05, 4.69) is 10.2 Å². The number of nitrogens with two attached hydrogens (primary N) is 1. The highest BCUT2D eigenvalue weighted by atomic mass is 16.4. The van der Waals surface area contributed by atoms with Crippen molar-refractivity contribution in [3.8, 4) is 6.07 Å². The van der Waals surface area contributed by atoms with Crippen molar-refractivity contribution in [2.24, 2.45) is 0 Å². The summed E-state index contributed by atoms with van der Waals surface area (Å²) in [5.41, 5.74) is 6.98. The number of rotatable bonds is 0. The number of aryl methyl sites for hydroxylation is 1. The zero-order chi connectivity index (χ0) is 8.72. The molecule has 2 aromatic heterocycles. The van der Waals surface area contributed by atoms with Crippen molar-refractivity contribution in [3.05, 3.63) is 11.3 Å². The Hall–Kier alpha value is -1.96. The summed E-state index contributed by atoms with van der Waals surface area (Å²) in [4.78, 5) is 0. The fourth-order valence-electron chi connectivity index (χ4n) is 1.16. The molecule has 0 amide bonds. The number of hydrogen-bond donors (Lipinski definition) is 2. The molecular weight excluding hydrogens is 156 g/mol. The number of nitrogens with zero attached hydrogens (tertiary/aromatic N) is 2. The maximum Gasteiger partial charge on any atom is 0.248 e. The SMILES string of the molecule is Cc1[nH]nc2oc(N)c(C#N)c12. The van der Waals surface area contributed by atoms with E-state index in [0.29, 0.717) is 16.7 Å². The molecule has 2 aromatic rings. The molecule has 3 N–H and O–H groups in total. The van der Waals surface area contributed by atoms with Gasteiger partial charge >= 0.3 is 0 Å². The van der Waals surface area contributed by atoms with Gasteiger partial charge < -0.3 is 10.2 Å². The molecule has 0 unspecified atom stereocenters. The lowest BCUT2D eigenvalue weighted by atomic mass is 10.2. The maximum absolute atomic E-state index is 8.72. The van der Waals surface area contributed by atoms with Crippen molar-refractivity contribution in [3.63, 3.8) is 0 Å². The summed E-state index contributed by atoms with van der Waals surface area (Å²) in [5.74, 6) is 0.132. The molecule has 60 valence electrons. The smallest absolute Gasteiger partial charge is 0.248 e. The number of aromatic amines is 1. The summed E-state index contributed by atoms with van der Waals surface area (Å²) in [5, 5.41) is 15.9. The average Bonchev–Trinajstić information content (AvgIpc) is 2.52. The monoisotopic (exact) mass is 162 g/mol. The minimum atomic E-state index is 0.132. The fourth-order valence-corrected chi connectivity index (χ4v) is 1.16. The van der Waals surface area contributed by atoms with Crippen LogP contribution in [0.4, 0.5) is 5.88 Å². The van der Waals surface area contributed by atoms with Crippen LogP contribution in [0.2, 0.25) is 0 Å². The molecule has 0 aliphatic heterocycles. The minimum absolute atomic E-state index is 0.132. The molecule has 0 saturated carbocycles. The Kier molecular flexibility index (Phi) is 1.13. The number of hydrogen-bond acceptors (Lipinski definition) is 4. The average molecular weight is 162 g/mol. The number of anilines is 1. The van der Waals surface area contributed by atoms with Gasteiger partial charge in [0.2, 0.25) is 11.6 Å². The molecule has 0 fully saturated rings. The van der Waals surface area contributed by atoms with E-state index < -0.39 is 0 Å². The largest absolute Gasteiger partial charge is 0.420 e. The molecule has 0 bridgehead atoms. The number of nitrogens with one attached hydrogen (secondary N) is 1. The van der Waals surface area contributed by atoms with Crippen molar-refractivity contribution in [1.82, 2.24) is 10.2 Å². The van der Waals surface area contributed by atoms with E-state index in [1.807, 2.05) is 13.0 Å². The molecule has 0 atom stereocenters. The summed E-state index contributed by atoms with van der Waals surface area (Å²) in [6.07, 6.45) is 0. The van der Waals surface area contributed by atoms with Gasteiger partial charge in [-0.15, -0.1) is 5.10 Å². The highest BCUT2D eigenvalue weighted by Gasteiger charge is 2.15. The summed E-state index contributed by atoms with van der Waals surface area (Å²) in [7, 11) is 0. The van der Waals surface area contributed by atoms with Crippen LogP contribution in [0.25, 0.3) is 11.1 Å². The molecule has 2 rings (SSSR count). The third-order valence-electron chi connectivity index (χ3n) is 1.73. The van der Waals surface area contributed by atoms with E-state index in [1.165, 1.54) is 0 Å². The van der Waals surface area contributed by atoms with Crippen LogP contribution in [0.15, 0.2) is 4.42 Å². The summed E-state index contributed by atoms with van der Waals surface area (Å²) >= 11 is 0. The van der Waals surface area contributed by atoms with Crippen molar-refractivity contribution < 1.29 is 4.42 Å². The first-order chi connectivity index (χ1) is 5.74. The van der Waals surface area contributed by atoms with Gasteiger partial charge in [-0.25, -0.2) is 0 Å². The summed E-state index contributed by atoms with van der Waals surface area (Å²) in [6, 6.07) is 1.97. The topological polar surface area (TPSA) is 91.6 Å². The lowest BCUT2D eigenvalue weighted by Gasteiger charge is -1.83. The molecule has 0 radical (unpaired) electrons. The van der Waals surface area contributed by atoms with E-state index in [-0.39, 0.29) is 5.88 Å². The van der Waals surface area contributed by atoms with E-state index in [1.54, 1.807) is 0 Å². The maximum atomic E-state index is 8.72. The number of nitriles is 1. The highest BCUT2D eigenvalue weighted by Crippen LogP contribution is 2.27. The molecule has 0 spiro atoms. The van der Waals surface area contributed by atoms with Gasteiger partial charge in [0.25, 0.3) is 0 Å². The van der Waals surface area contributed by atoms with Crippen LogP contribution in [0.5, 0.6) is 0 Å². The Morgan fingerprint density at radius 2 is 2.42 bits per heavy atom. The Bertz CT molecular complexity index is 473. The quantitative estimate of drug-likeness (QED) is 0.602. The van der Waals surface area contributed by atoms with Crippen LogP contribution in [0.1, 0.15) is 11.3 Å². The van der Waals surface area contributed by atoms with Gasteiger partial charge in [0, 0.05) is 5.69 Å². The van der Waals surface area contributed by atoms with Gasteiger partial charge in [0.15, 0.2) is 0 Å². The van der Waals surface area contributed by atoms with Gasteiger partial charge in [-0.1, -0.05) is 0 Å². The van der Waals surface area contributed by atoms with Crippen LogP contribution in [0.3, 0.4) is 0 Å². The molecule has 5 heteroatoms.